The van der Waals surface area contributed by atoms with Crippen LogP contribution in [0.5, 0.6) is 5.75 Å². The van der Waals surface area contributed by atoms with Crippen LogP contribution in [0.2, 0.25) is 0 Å². The summed E-state index contributed by atoms with van der Waals surface area (Å²) in [5, 5.41) is 2.59. The first kappa shape index (κ1) is 26.5. The number of amides is 2. The number of oxazole rings is 1. The molecule has 204 valence electrons. The molecule has 5 rings (SSSR count). The van der Waals surface area contributed by atoms with E-state index in [-0.39, 0.29) is 42.7 Å². The van der Waals surface area contributed by atoms with E-state index in [0.29, 0.717) is 11.6 Å². The Morgan fingerprint density at radius 3 is 2.63 bits per heavy atom. The smallest absolute Gasteiger partial charge is 0.329 e. The number of nitrogens with zero attached hydrogens (tertiary/aromatic N) is 4. The first-order chi connectivity index (χ1) is 18.4. The van der Waals surface area contributed by atoms with Crippen LogP contribution in [0.15, 0.2) is 41.1 Å². The molecule has 1 aromatic heterocycles. The van der Waals surface area contributed by atoms with Crippen molar-refractivity contribution in [2.75, 3.05) is 52.1 Å². The van der Waals surface area contributed by atoms with Gasteiger partial charge >= 0.3 is 5.97 Å². The molecule has 0 radical (unpaired) electrons. The van der Waals surface area contributed by atoms with Gasteiger partial charge in [-0.1, -0.05) is 19.1 Å². The second-order valence-electron chi connectivity index (χ2n) is 9.69. The van der Waals surface area contributed by atoms with Crippen LogP contribution in [0.1, 0.15) is 18.4 Å². The van der Waals surface area contributed by atoms with E-state index >= 15 is 0 Å². The molecule has 3 atom stereocenters. The summed E-state index contributed by atoms with van der Waals surface area (Å²) in [5.41, 5.74) is -0.0868. The quantitative estimate of drug-likeness (QED) is 0.359. The highest BCUT2D eigenvalue weighted by Gasteiger charge is 2.60. The number of carbonyl (C=O) groups excluding carboxylic acids is 3. The number of β-lactam (4-membered cyclic amide) rings is 1. The number of esters is 1. The Morgan fingerprint density at radius 1 is 1.21 bits per heavy atom. The number of fused-ring (bicyclic) bond motifs is 1. The van der Waals surface area contributed by atoms with Gasteiger partial charge in [0.2, 0.25) is 17.7 Å². The number of aromatic nitrogens is 1. The number of benzene rings is 1. The van der Waals surface area contributed by atoms with Crippen LogP contribution in [0.3, 0.4) is 0 Å². The highest BCUT2D eigenvalue weighted by atomic mass is 32.2. The number of hydrogen-bond donors (Lipinski definition) is 1. The second kappa shape index (κ2) is 11.3. The molecule has 1 N–H and O–H groups in total. The van der Waals surface area contributed by atoms with Crippen molar-refractivity contribution in [3.8, 4) is 5.75 Å². The summed E-state index contributed by atoms with van der Waals surface area (Å²) in [7, 11) is 1.61. The molecule has 1 aromatic carbocycles. The predicted octanol–water partition coefficient (Wildman–Crippen LogP) is 0.745. The summed E-state index contributed by atoms with van der Waals surface area (Å²) in [6.07, 6.45) is 2.85. The maximum atomic E-state index is 13.7. The molecular formula is C26H33N5O6S. The first-order valence-corrected chi connectivity index (χ1v) is 13.9. The molecule has 38 heavy (non-hydrogen) atoms. The Labute approximate surface area is 225 Å². The predicted molar refractivity (Wildman–Crippen MR) is 139 cm³/mol. The molecule has 4 heterocycles. The lowest BCUT2D eigenvalue weighted by Crippen LogP contribution is -2.78. The Bertz CT molecular complexity index is 1140. The van der Waals surface area contributed by atoms with E-state index in [1.54, 1.807) is 12.0 Å². The maximum absolute atomic E-state index is 13.7. The van der Waals surface area contributed by atoms with Crippen molar-refractivity contribution in [3.63, 3.8) is 0 Å². The fourth-order valence-electron chi connectivity index (χ4n) is 5.20. The number of carbonyl (C=O) groups is 3. The molecule has 0 saturated carbocycles. The van der Waals surface area contributed by atoms with Crippen LogP contribution in [0, 0.1) is 0 Å². The van der Waals surface area contributed by atoms with Gasteiger partial charge in [-0.25, -0.2) is 9.78 Å². The van der Waals surface area contributed by atoms with Crippen molar-refractivity contribution in [1.82, 2.24) is 25.0 Å². The zero-order valence-corrected chi connectivity index (χ0v) is 22.4. The molecule has 2 unspecified atom stereocenters. The number of thioether (sulfide) groups is 1. The number of rotatable bonds is 9. The van der Waals surface area contributed by atoms with Gasteiger partial charge in [0, 0.05) is 31.9 Å². The molecule has 11 nitrogen and oxygen atoms in total. The minimum Gasteiger partial charge on any atom is -0.497 e. The standard InChI is InChI=1S/C26H33N5O6S/c1-3-29-9-11-30(12-10-29)26(25(34)37-15-18-4-6-19(35-2)7-5-18)16-31-23(33)22(24(31)38-17-26)28-20(32)14-21-27-8-13-36-21/h4-8,13,22,24H,3,9-12,14-17H2,1-2H3,(H,28,32)/t22?,24-,26?/m1/s1. The van der Waals surface area contributed by atoms with Gasteiger partial charge in [0.1, 0.15) is 42.0 Å². The fraction of sp³-hybridized carbons (Fsp3) is 0.538. The van der Waals surface area contributed by atoms with Crippen molar-refractivity contribution in [1.29, 1.82) is 0 Å². The van der Waals surface area contributed by atoms with Gasteiger partial charge in [-0.2, -0.15) is 0 Å². The lowest BCUT2D eigenvalue weighted by atomic mass is 9.93. The van der Waals surface area contributed by atoms with Gasteiger partial charge in [0.25, 0.3) is 0 Å². The topological polar surface area (TPSA) is 117 Å². The van der Waals surface area contributed by atoms with Crippen LogP contribution in [0.4, 0.5) is 0 Å². The third-order valence-corrected chi connectivity index (χ3v) is 9.02. The zero-order chi connectivity index (χ0) is 26.7. The Morgan fingerprint density at radius 2 is 1.97 bits per heavy atom. The third-order valence-electron chi connectivity index (χ3n) is 7.51. The molecule has 12 heteroatoms. The average Bonchev–Trinajstić information content (AvgIpc) is 3.47. The van der Waals surface area contributed by atoms with Gasteiger partial charge in [-0.05, 0) is 24.2 Å². The molecular weight excluding hydrogens is 510 g/mol. The summed E-state index contributed by atoms with van der Waals surface area (Å²) >= 11 is 1.52. The number of methoxy groups -OCH3 is 1. The lowest BCUT2D eigenvalue weighted by molar-refractivity contribution is -0.168. The summed E-state index contributed by atoms with van der Waals surface area (Å²) in [6, 6.07) is 6.77. The Balaban J connectivity index is 1.27. The molecule has 0 spiro atoms. The van der Waals surface area contributed by atoms with Crippen molar-refractivity contribution in [2.45, 2.75) is 36.9 Å². The van der Waals surface area contributed by atoms with Gasteiger partial charge in [-0.3, -0.25) is 14.5 Å². The number of hydrogen-bond acceptors (Lipinski definition) is 10. The molecule has 3 aliphatic heterocycles. The largest absolute Gasteiger partial charge is 0.497 e. The summed E-state index contributed by atoms with van der Waals surface area (Å²) < 4.78 is 16.2. The number of nitrogens with one attached hydrogen (secondary N) is 1. The molecule has 0 aliphatic carbocycles. The number of likely N-dealkylation sites (N-methyl/N-ethyl adjacent to an activating group) is 1. The molecule has 2 aromatic rings. The van der Waals surface area contributed by atoms with Crippen molar-refractivity contribution in [2.24, 2.45) is 0 Å². The second-order valence-corrected chi connectivity index (χ2v) is 10.8. The van der Waals surface area contributed by atoms with Crippen LogP contribution in [-0.4, -0.2) is 107 Å². The zero-order valence-electron chi connectivity index (χ0n) is 21.6. The number of piperazine rings is 1. The molecule has 3 fully saturated rings. The van der Waals surface area contributed by atoms with Crippen LogP contribution in [0.25, 0.3) is 0 Å². The van der Waals surface area contributed by atoms with Crippen molar-refractivity contribution < 1.29 is 28.3 Å². The van der Waals surface area contributed by atoms with Gasteiger partial charge in [0.05, 0.1) is 19.9 Å². The highest BCUT2D eigenvalue weighted by molar-refractivity contribution is 8.00. The minimum atomic E-state index is -0.948. The Kier molecular flexibility index (Phi) is 7.91. The van der Waals surface area contributed by atoms with E-state index < -0.39 is 11.6 Å². The summed E-state index contributed by atoms with van der Waals surface area (Å²) in [6.45, 7) is 6.61. The van der Waals surface area contributed by atoms with Crippen LogP contribution in [-0.2, 0) is 32.1 Å². The van der Waals surface area contributed by atoms with E-state index in [2.05, 4.69) is 27.0 Å². The lowest BCUT2D eigenvalue weighted by Gasteiger charge is -2.57. The van der Waals surface area contributed by atoms with Gasteiger partial charge in [-0.15, -0.1) is 11.8 Å². The molecule has 2 amide bonds. The normalized spacial score (nSPS) is 25.8. The van der Waals surface area contributed by atoms with Crippen molar-refractivity contribution in [3.05, 3.63) is 48.2 Å². The molecule has 3 aliphatic rings. The molecule has 0 bridgehead atoms. The van der Waals surface area contributed by atoms with Gasteiger partial charge in [0.15, 0.2) is 0 Å². The fourth-order valence-corrected chi connectivity index (χ4v) is 6.78. The Hall–Kier alpha value is -3.09. The van der Waals surface area contributed by atoms with E-state index in [1.807, 2.05) is 24.3 Å². The van der Waals surface area contributed by atoms with E-state index in [9.17, 15) is 14.4 Å². The average molecular weight is 544 g/mol. The number of ether oxygens (including phenoxy) is 2. The monoisotopic (exact) mass is 543 g/mol. The van der Waals surface area contributed by atoms with Gasteiger partial charge < -0.3 is 29.0 Å². The van der Waals surface area contributed by atoms with Crippen molar-refractivity contribution >= 4 is 29.5 Å². The third kappa shape index (κ3) is 5.25. The van der Waals surface area contributed by atoms with Crippen LogP contribution < -0.4 is 10.1 Å². The summed E-state index contributed by atoms with van der Waals surface area (Å²) in [4.78, 5) is 49.5. The van der Waals surface area contributed by atoms with E-state index in [0.717, 1.165) is 44.0 Å². The van der Waals surface area contributed by atoms with Crippen LogP contribution >= 0.6 is 11.8 Å². The maximum Gasteiger partial charge on any atom is 0.329 e. The SMILES string of the molecule is CCN1CCN(C2(C(=O)OCc3ccc(OC)cc3)CS[C@@H]3C(NC(=O)Cc4ncco4)C(=O)N3C2)CC1. The minimum absolute atomic E-state index is 0.0303. The van der Waals surface area contributed by atoms with E-state index in [1.165, 1.54) is 24.2 Å². The highest BCUT2D eigenvalue weighted by Crippen LogP contribution is 2.41. The molecule has 3 saturated heterocycles. The van der Waals surface area contributed by atoms with E-state index in [4.69, 9.17) is 13.9 Å². The summed E-state index contributed by atoms with van der Waals surface area (Å²) in [5.74, 6) is 0.667. The first-order valence-electron chi connectivity index (χ1n) is 12.8.